The van der Waals surface area contributed by atoms with Crippen molar-refractivity contribution in [3.8, 4) is 0 Å². The minimum Gasteiger partial charge on any atom is -0.477 e. The van der Waals surface area contributed by atoms with Gasteiger partial charge in [0.25, 0.3) is 5.91 Å². The Balaban J connectivity index is 1.66. The Labute approximate surface area is 175 Å². The van der Waals surface area contributed by atoms with Gasteiger partial charge in [-0.1, -0.05) is 18.5 Å². The van der Waals surface area contributed by atoms with E-state index < -0.39 is 35.2 Å². The summed E-state index contributed by atoms with van der Waals surface area (Å²) in [7, 11) is 0. The van der Waals surface area contributed by atoms with Gasteiger partial charge < -0.3 is 15.2 Å². The molecule has 0 aliphatic carbocycles. The number of amides is 2. The molecule has 1 aromatic rings. The maximum Gasteiger partial charge on any atom is 0.352 e. The van der Waals surface area contributed by atoms with E-state index in [9.17, 15) is 24.3 Å². The summed E-state index contributed by atoms with van der Waals surface area (Å²) >= 11 is 7.12. The van der Waals surface area contributed by atoms with Crippen LogP contribution in [0.5, 0.6) is 0 Å². The van der Waals surface area contributed by atoms with Crippen molar-refractivity contribution < 1.29 is 29.0 Å². The quantitative estimate of drug-likeness (QED) is 0.460. The topological polar surface area (TPSA) is 131 Å². The number of hydrogen-bond acceptors (Lipinski definition) is 7. The van der Waals surface area contributed by atoms with E-state index in [4.69, 9.17) is 16.3 Å². The average Bonchev–Trinajstić information content (AvgIpc) is 3.07. The fraction of sp³-hybridized carbons (Fsp3) is 0.471. The predicted octanol–water partition coefficient (Wildman–Crippen LogP) is 0.474. The molecule has 3 atom stereocenters. The Kier molecular flexibility index (Phi) is 6.18. The molecule has 0 spiro atoms. The van der Waals surface area contributed by atoms with Crippen LogP contribution in [0.4, 0.5) is 0 Å². The number of hydrogen-bond donors (Lipinski definition) is 2. The molecule has 29 heavy (non-hydrogen) atoms. The number of nitrogens with one attached hydrogen (secondary N) is 1. The number of carboxylic acids is 1. The van der Waals surface area contributed by atoms with E-state index in [0.717, 1.165) is 4.90 Å². The van der Waals surface area contributed by atoms with Crippen molar-refractivity contribution in [2.75, 3.05) is 12.4 Å². The number of β-lactam (4-membered cyclic amide) rings is 1. The van der Waals surface area contributed by atoms with E-state index in [2.05, 4.69) is 10.4 Å². The molecule has 10 nitrogen and oxygen atoms in total. The molecule has 3 heterocycles. The number of carbonyl (C=O) groups excluding carboxylic acids is 3. The van der Waals surface area contributed by atoms with Crippen LogP contribution in [-0.2, 0) is 30.5 Å². The number of thioether (sulfide) groups is 1. The molecule has 2 aliphatic heterocycles. The van der Waals surface area contributed by atoms with Gasteiger partial charge in [-0.05, 0) is 0 Å². The van der Waals surface area contributed by atoms with Gasteiger partial charge in [0.05, 0.1) is 23.7 Å². The first-order valence-electron chi connectivity index (χ1n) is 8.70. The van der Waals surface area contributed by atoms with Crippen LogP contribution in [0.3, 0.4) is 0 Å². The molecule has 0 saturated carbocycles. The number of ether oxygens (including phenoxy) is 1. The molecule has 1 fully saturated rings. The van der Waals surface area contributed by atoms with Crippen LogP contribution in [0.15, 0.2) is 23.7 Å². The zero-order valence-corrected chi connectivity index (χ0v) is 17.2. The average molecular weight is 443 g/mol. The second-order valence-electron chi connectivity index (χ2n) is 6.72. The van der Waals surface area contributed by atoms with Gasteiger partial charge in [0.1, 0.15) is 23.7 Å². The van der Waals surface area contributed by atoms with Gasteiger partial charge in [0, 0.05) is 24.4 Å². The zero-order chi connectivity index (χ0) is 21.3. The highest BCUT2D eigenvalue weighted by Crippen LogP contribution is 2.40. The molecule has 0 bridgehead atoms. The molecule has 2 amide bonds. The third kappa shape index (κ3) is 4.40. The highest BCUT2D eigenvalue weighted by molar-refractivity contribution is 8.00. The lowest BCUT2D eigenvalue weighted by Crippen LogP contribution is -2.71. The Hall–Kier alpha value is -2.53. The zero-order valence-electron chi connectivity index (χ0n) is 15.6. The lowest BCUT2D eigenvalue weighted by atomic mass is 10.0. The lowest BCUT2D eigenvalue weighted by Gasteiger charge is -2.49. The van der Waals surface area contributed by atoms with Gasteiger partial charge in [-0.15, -0.1) is 11.8 Å². The minimum atomic E-state index is -1.28. The van der Waals surface area contributed by atoms with Crippen LogP contribution in [0.2, 0.25) is 5.02 Å². The van der Waals surface area contributed by atoms with Gasteiger partial charge in [-0.25, -0.2) is 4.79 Å². The van der Waals surface area contributed by atoms with Crippen molar-refractivity contribution in [2.45, 2.75) is 31.8 Å². The molecule has 2 aliphatic rings. The first-order valence-corrected chi connectivity index (χ1v) is 10.1. The van der Waals surface area contributed by atoms with Crippen LogP contribution in [0, 0.1) is 5.92 Å². The van der Waals surface area contributed by atoms with Crippen molar-refractivity contribution in [2.24, 2.45) is 5.92 Å². The molecule has 0 aromatic carbocycles. The number of esters is 1. The largest absolute Gasteiger partial charge is 0.477 e. The molecule has 0 unspecified atom stereocenters. The third-order valence-electron chi connectivity index (χ3n) is 4.51. The summed E-state index contributed by atoms with van der Waals surface area (Å²) in [5.74, 6) is -2.88. The van der Waals surface area contributed by atoms with E-state index in [1.165, 1.54) is 29.6 Å². The van der Waals surface area contributed by atoms with Crippen LogP contribution in [0.25, 0.3) is 0 Å². The lowest BCUT2D eigenvalue weighted by molar-refractivity contribution is -0.151. The van der Waals surface area contributed by atoms with E-state index in [1.54, 1.807) is 13.1 Å². The van der Waals surface area contributed by atoms with E-state index >= 15 is 0 Å². The van der Waals surface area contributed by atoms with Gasteiger partial charge in [0.15, 0.2) is 0 Å². The van der Waals surface area contributed by atoms with Gasteiger partial charge in [-0.3, -0.25) is 24.0 Å². The fourth-order valence-corrected chi connectivity index (χ4v) is 4.56. The van der Waals surface area contributed by atoms with Crippen LogP contribution in [0.1, 0.15) is 13.8 Å². The summed E-state index contributed by atoms with van der Waals surface area (Å²) < 4.78 is 6.42. The number of aliphatic carboxylic acids is 1. The van der Waals surface area contributed by atoms with E-state index in [1.807, 2.05) is 0 Å². The van der Waals surface area contributed by atoms with Gasteiger partial charge in [0.2, 0.25) is 5.91 Å². The van der Waals surface area contributed by atoms with Crippen molar-refractivity contribution >= 4 is 47.1 Å². The van der Waals surface area contributed by atoms with Crippen molar-refractivity contribution in [1.29, 1.82) is 0 Å². The summed E-state index contributed by atoms with van der Waals surface area (Å²) in [6.07, 6.45) is 3.05. The summed E-state index contributed by atoms with van der Waals surface area (Å²) in [4.78, 5) is 48.9. The third-order valence-corrected chi connectivity index (χ3v) is 6.04. The number of rotatable bonds is 7. The molecule has 1 aromatic heterocycles. The number of carboxylic acid groups (broad SMARTS) is 1. The van der Waals surface area contributed by atoms with Gasteiger partial charge in [-0.2, -0.15) is 5.10 Å². The van der Waals surface area contributed by atoms with Crippen molar-refractivity contribution in [1.82, 2.24) is 20.0 Å². The molecule has 3 rings (SSSR count). The number of nitrogens with zero attached hydrogens (tertiary/aromatic N) is 3. The highest BCUT2D eigenvalue weighted by Gasteiger charge is 2.54. The number of aromatic nitrogens is 2. The standard InChI is InChI=1S/C17H19ClN4O6S/c1-8(4-21-5-11(18)3-19-21)14(24)20-12-15(25)22-13(17(26)27)10(6-28-9(2)23)7-29-16(12)22/h3,5,8,12,16H,4,6-7H2,1-2H3,(H,20,24)(H,26,27)/t8-,12+,16+/m0/s1. The molecule has 12 heteroatoms. The normalized spacial score (nSPS) is 21.9. The van der Waals surface area contributed by atoms with Crippen LogP contribution >= 0.6 is 23.4 Å². The highest BCUT2D eigenvalue weighted by atomic mass is 35.5. The van der Waals surface area contributed by atoms with Crippen LogP contribution < -0.4 is 5.32 Å². The van der Waals surface area contributed by atoms with Crippen molar-refractivity contribution in [3.05, 3.63) is 28.7 Å². The molecule has 156 valence electrons. The number of carbonyl (C=O) groups is 4. The van der Waals surface area contributed by atoms with Crippen LogP contribution in [-0.4, -0.2) is 67.3 Å². The molecule has 0 radical (unpaired) electrons. The Morgan fingerprint density at radius 3 is 2.79 bits per heavy atom. The first kappa shape index (κ1) is 21.2. The summed E-state index contributed by atoms with van der Waals surface area (Å²) in [5.41, 5.74) is 0.153. The smallest absolute Gasteiger partial charge is 0.352 e. The summed E-state index contributed by atoms with van der Waals surface area (Å²) in [6, 6.07) is -0.819. The van der Waals surface area contributed by atoms with E-state index in [0.29, 0.717) is 10.6 Å². The maximum absolute atomic E-state index is 12.6. The van der Waals surface area contributed by atoms with Gasteiger partial charge >= 0.3 is 11.9 Å². The second-order valence-corrected chi connectivity index (χ2v) is 8.26. The maximum atomic E-state index is 12.6. The molecule has 1 saturated heterocycles. The molecular formula is C17H19ClN4O6S. The monoisotopic (exact) mass is 442 g/mol. The Morgan fingerprint density at radius 2 is 2.21 bits per heavy atom. The number of halogens is 1. The molecule has 2 N–H and O–H groups in total. The first-order chi connectivity index (χ1) is 13.7. The van der Waals surface area contributed by atoms with Crippen molar-refractivity contribution in [3.63, 3.8) is 0 Å². The fourth-order valence-electron chi connectivity index (χ4n) is 3.08. The Morgan fingerprint density at radius 1 is 1.48 bits per heavy atom. The second kappa shape index (κ2) is 8.46. The number of fused-ring (bicyclic) bond motifs is 1. The predicted molar refractivity (Wildman–Crippen MR) is 103 cm³/mol. The SMILES string of the molecule is CC(=O)OCC1=C(C(=O)O)N2C(=O)[C@@H](NC(=O)[C@@H](C)Cn3cc(Cl)cn3)[C@H]2SC1. The summed E-state index contributed by atoms with van der Waals surface area (Å²) in [5, 5.41) is 16.2. The Bertz CT molecular complexity index is 900. The molecular weight excluding hydrogens is 424 g/mol. The minimum absolute atomic E-state index is 0.190. The summed E-state index contributed by atoms with van der Waals surface area (Å²) in [6.45, 7) is 3.01. The van der Waals surface area contributed by atoms with E-state index in [-0.39, 0.29) is 30.5 Å².